The van der Waals surface area contributed by atoms with Gasteiger partial charge in [0, 0.05) is 18.7 Å². The minimum absolute atomic E-state index is 0.0143. The van der Waals surface area contributed by atoms with Crippen molar-refractivity contribution in [3.63, 3.8) is 0 Å². The Kier molecular flexibility index (Phi) is 4.30. The molecule has 0 saturated carbocycles. The van der Waals surface area contributed by atoms with Crippen molar-refractivity contribution < 1.29 is 14.4 Å². The van der Waals surface area contributed by atoms with Crippen LogP contribution < -0.4 is 5.32 Å². The molecule has 2 N–H and O–H groups in total. The van der Waals surface area contributed by atoms with E-state index in [0.717, 1.165) is 6.42 Å². The monoisotopic (exact) mass is 212 g/mol. The summed E-state index contributed by atoms with van der Waals surface area (Å²) in [6.07, 6.45) is 1.34. The summed E-state index contributed by atoms with van der Waals surface area (Å²) in [6, 6.07) is 1.57. The molecule has 84 valence electrons. The lowest BCUT2D eigenvalue weighted by atomic mass is 10.1. The van der Waals surface area contributed by atoms with E-state index in [1.165, 1.54) is 0 Å². The number of hydrogen-bond acceptors (Lipinski definition) is 4. The second-order valence-corrected chi connectivity index (χ2v) is 3.41. The smallest absolute Gasteiger partial charge is 0.273 e. The number of nitrogens with one attached hydrogen (secondary N) is 1. The van der Waals surface area contributed by atoms with Gasteiger partial charge in [-0.2, -0.15) is 0 Å². The largest absolute Gasteiger partial charge is 0.396 e. The molecule has 0 aliphatic carbocycles. The van der Waals surface area contributed by atoms with Crippen molar-refractivity contribution in [3.05, 3.63) is 17.5 Å². The van der Waals surface area contributed by atoms with E-state index in [4.69, 9.17) is 9.63 Å². The van der Waals surface area contributed by atoms with Crippen LogP contribution in [0.15, 0.2) is 10.6 Å². The summed E-state index contributed by atoms with van der Waals surface area (Å²) in [5, 5.41) is 15.2. The molecular formula is C10H16N2O3. The molecule has 0 radical (unpaired) electrons. The molecule has 5 heteroatoms. The van der Waals surface area contributed by atoms with Crippen molar-refractivity contribution >= 4 is 5.91 Å². The van der Waals surface area contributed by atoms with Gasteiger partial charge in [-0.25, -0.2) is 0 Å². The summed E-state index contributed by atoms with van der Waals surface area (Å²) in [6.45, 7) is 3.75. The SMILES string of the molecule is CCC(CCO)NC(=O)c1cc(C)on1. The van der Waals surface area contributed by atoms with Crippen LogP contribution in [0.3, 0.4) is 0 Å². The van der Waals surface area contributed by atoms with Crippen molar-refractivity contribution in [1.82, 2.24) is 10.5 Å². The Hall–Kier alpha value is -1.36. The minimum atomic E-state index is -0.257. The van der Waals surface area contributed by atoms with E-state index in [9.17, 15) is 4.79 Å². The maximum Gasteiger partial charge on any atom is 0.273 e. The predicted molar refractivity (Wildman–Crippen MR) is 54.5 cm³/mol. The number of carbonyl (C=O) groups excluding carboxylic acids is 1. The number of carbonyl (C=O) groups is 1. The third-order valence-electron chi connectivity index (χ3n) is 2.17. The lowest BCUT2D eigenvalue weighted by Crippen LogP contribution is -2.35. The zero-order valence-corrected chi connectivity index (χ0v) is 8.99. The van der Waals surface area contributed by atoms with Gasteiger partial charge in [0.25, 0.3) is 5.91 Å². The predicted octanol–water partition coefficient (Wildman–Crippen LogP) is 0.874. The van der Waals surface area contributed by atoms with Crippen LogP contribution >= 0.6 is 0 Å². The third kappa shape index (κ3) is 3.36. The van der Waals surface area contributed by atoms with Crippen LogP contribution in [0.4, 0.5) is 0 Å². The Balaban J connectivity index is 2.54. The number of amides is 1. The van der Waals surface area contributed by atoms with Gasteiger partial charge in [0.15, 0.2) is 5.69 Å². The fourth-order valence-electron chi connectivity index (χ4n) is 1.27. The Morgan fingerprint density at radius 1 is 1.73 bits per heavy atom. The number of nitrogens with zero attached hydrogens (tertiary/aromatic N) is 1. The lowest BCUT2D eigenvalue weighted by molar-refractivity contribution is 0.0920. The van der Waals surface area contributed by atoms with E-state index in [0.29, 0.717) is 12.2 Å². The first-order chi connectivity index (χ1) is 7.17. The van der Waals surface area contributed by atoms with E-state index in [1.807, 2.05) is 6.92 Å². The minimum Gasteiger partial charge on any atom is -0.396 e. The van der Waals surface area contributed by atoms with Crippen molar-refractivity contribution in [2.45, 2.75) is 32.7 Å². The highest BCUT2D eigenvalue weighted by Crippen LogP contribution is 2.03. The summed E-state index contributed by atoms with van der Waals surface area (Å²) in [5.74, 6) is 0.350. The molecule has 0 aromatic carbocycles. The third-order valence-corrected chi connectivity index (χ3v) is 2.17. The quantitative estimate of drug-likeness (QED) is 0.759. The Labute approximate surface area is 88.5 Å². The van der Waals surface area contributed by atoms with E-state index in [2.05, 4.69) is 10.5 Å². The zero-order chi connectivity index (χ0) is 11.3. The maximum atomic E-state index is 11.6. The first kappa shape index (κ1) is 11.7. The molecule has 5 nitrogen and oxygen atoms in total. The summed E-state index contributed by atoms with van der Waals surface area (Å²) in [4.78, 5) is 11.6. The highest BCUT2D eigenvalue weighted by Gasteiger charge is 2.14. The number of aliphatic hydroxyl groups is 1. The van der Waals surface area contributed by atoms with Gasteiger partial charge >= 0.3 is 0 Å². The Bertz CT molecular complexity index is 322. The van der Waals surface area contributed by atoms with Crippen molar-refractivity contribution in [1.29, 1.82) is 0 Å². The van der Waals surface area contributed by atoms with Gasteiger partial charge in [-0.15, -0.1) is 0 Å². The van der Waals surface area contributed by atoms with Crippen LogP contribution in [0.25, 0.3) is 0 Å². The molecule has 0 bridgehead atoms. The zero-order valence-electron chi connectivity index (χ0n) is 8.99. The summed E-state index contributed by atoms with van der Waals surface area (Å²) >= 11 is 0. The van der Waals surface area contributed by atoms with Gasteiger partial charge in [-0.3, -0.25) is 4.79 Å². The van der Waals surface area contributed by atoms with Gasteiger partial charge in [0.1, 0.15) is 5.76 Å². The summed E-state index contributed by atoms with van der Waals surface area (Å²) in [7, 11) is 0. The molecule has 0 aliphatic heterocycles. The molecule has 15 heavy (non-hydrogen) atoms. The van der Waals surface area contributed by atoms with Crippen LogP contribution in [-0.2, 0) is 0 Å². The van der Waals surface area contributed by atoms with Crippen molar-refractivity contribution in [3.8, 4) is 0 Å². The molecule has 0 fully saturated rings. The highest BCUT2D eigenvalue weighted by atomic mass is 16.5. The van der Waals surface area contributed by atoms with Crippen molar-refractivity contribution in [2.75, 3.05) is 6.61 Å². The molecule has 1 amide bonds. The molecule has 0 saturated heterocycles. The Morgan fingerprint density at radius 3 is 2.93 bits per heavy atom. The fourth-order valence-corrected chi connectivity index (χ4v) is 1.27. The standard InChI is InChI=1S/C10H16N2O3/c1-3-8(4-5-13)11-10(14)9-6-7(2)15-12-9/h6,8,13H,3-5H2,1-2H3,(H,11,14). The van der Waals surface area contributed by atoms with Crippen LogP contribution in [0.1, 0.15) is 36.0 Å². The number of hydrogen-bond donors (Lipinski definition) is 2. The van der Waals surface area contributed by atoms with Crippen LogP contribution in [0.2, 0.25) is 0 Å². The maximum absolute atomic E-state index is 11.6. The number of aryl methyl sites for hydroxylation is 1. The number of aliphatic hydroxyl groups excluding tert-OH is 1. The highest BCUT2D eigenvalue weighted by molar-refractivity contribution is 5.92. The second-order valence-electron chi connectivity index (χ2n) is 3.41. The van der Waals surface area contributed by atoms with Crippen molar-refractivity contribution in [2.24, 2.45) is 0 Å². The van der Waals surface area contributed by atoms with Gasteiger partial charge in [-0.05, 0) is 19.8 Å². The van der Waals surface area contributed by atoms with Gasteiger partial charge in [0.2, 0.25) is 0 Å². The fraction of sp³-hybridized carbons (Fsp3) is 0.600. The van der Waals surface area contributed by atoms with Gasteiger partial charge in [-0.1, -0.05) is 12.1 Å². The Morgan fingerprint density at radius 2 is 2.47 bits per heavy atom. The number of aromatic nitrogens is 1. The second kappa shape index (κ2) is 5.50. The molecule has 1 unspecified atom stereocenters. The van der Waals surface area contributed by atoms with E-state index < -0.39 is 0 Å². The normalized spacial score (nSPS) is 12.5. The molecule has 1 rings (SSSR count). The summed E-state index contributed by atoms with van der Waals surface area (Å²) in [5.41, 5.74) is 0.281. The first-order valence-electron chi connectivity index (χ1n) is 5.02. The van der Waals surface area contributed by atoms with Gasteiger partial charge < -0.3 is 14.9 Å². The van der Waals surface area contributed by atoms with E-state index >= 15 is 0 Å². The molecule has 1 aromatic heterocycles. The molecule has 1 atom stereocenters. The van der Waals surface area contributed by atoms with E-state index in [1.54, 1.807) is 13.0 Å². The first-order valence-corrected chi connectivity index (χ1v) is 5.02. The van der Waals surface area contributed by atoms with Gasteiger partial charge in [0.05, 0.1) is 0 Å². The average molecular weight is 212 g/mol. The molecule has 0 spiro atoms. The molecule has 1 heterocycles. The van der Waals surface area contributed by atoms with Crippen LogP contribution in [0.5, 0.6) is 0 Å². The van der Waals surface area contributed by atoms with E-state index in [-0.39, 0.29) is 24.2 Å². The average Bonchev–Trinajstić information content (AvgIpc) is 2.64. The lowest BCUT2D eigenvalue weighted by Gasteiger charge is -2.14. The molecule has 1 aromatic rings. The molecule has 0 aliphatic rings. The summed E-state index contributed by atoms with van der Waals surface area (Å²) < 4.78 is 4.80. The number of rotatable bonds is 5. The topological polar surface area (TPSA) is 75.4 Å². The van der Waals surface area contributed by atoms with Crippen LogP contribution in [0, 0.1) is 6.92 Å². The van der Waals surface area contributed by atoms with Crippen LogP contribution in [-0.4, -0.2) is 28.8 Å². The molecular weight excluding hydrogens is 196 g/mol.